The van der Waals surface area contributed by atoms with Crippen LogP contribution in [0.2, 0.25) is 0 Å². The maximum absolute atomic E-state index is 12.0. The van der Waals surface area contributed by atoms with Gasteiger partial charge in [-0.15, -0.1) is 0 Å². The van der Waals surface area contributed by atoms with Crippen molar-refractivity contribution in [2.75, 3.05) is 13.1 Å². The number of nitrogens with one attached hydrogen (secondary N) is 1. The zero-order valence-electron chi connectivity index (χ0n) is 11.7. The number of hydrogen-bond acceptors (Lipinski definition) is 4. The van der Waals surface area contributed by atoms with Crippen molar-refractivity contribution in [3.63, 3.8) is 0 Å². The average Bonchev–Trinajstić information content (AvgIpc) is 3.00. The van der Waals surface area contributed by atoms with E-state index in [-0.39, 0.29) is 30.5 Å². The molecule has 2 rings (SSSR count). The van der Waals surface area contributed by atoms with Crippen LogP contribution in [-0.2, 0) is 9.59 Å². The lowest BCUT2D eigenvalue weighted by Crippen LogP contribution is -2.41. The Morgan fingerprint density at radius 1 is 1.60 bits per heavy atom. The van der Waals surface area contributed by atoms with Crippen molar-refractivity contribution in [2.45, 2.75) is 32.4 Å². The van der Waals surface area contributed by atoms with Gasteiger partial charge in [0, 0.05) is 6.04 Å². The zero-order chi connectivity index (χ0) is 14.7. The summed E-state index contributed by atoms with van der Waals surface area (Å²) in [7, 11) is 0. The number of nitrogens with zero attached hydrogens (tertiary/aromatic N) is 1. The summed E-state index contributed by atoms with van der Waals surface area (Å²) in [6, 6.07) is 3.28. The van der Waals surface area contributed by atoms with Crippen molar-refractivity contribution in [2.24, 2.45) is 5.92 Å². The molecule has 0 aromatic carbocycles. The molecule has 1 aliphatic heterocycles. The molecule has 1 aliphatic rings. The van der Waals surface area contributed by atoms with Gasteiger partial charge in [-0.2, -0.15) is 0 Å². The molecule has 20 heavy (non-hydrogen) atoms. The largest absolute Gasteiger partial charge is 0.481 e. The summed E-state index contributed by atoms with van der Waals surface area (Å²) >= 11 is 0. The molecule has 0 spiro atoms. The second kappa shape index (κ2) is 6.09. The van der Waals surface area contributed by atoms with Crippen molar-refractivity contribution in [3.8, 4) is 0 Å². The van der Waals surface area contributed by atoms with E-state index >= 15 is 0 Å². The number of hydrogen-bond donors (Lipinski definition) is 2. The summed E-state index contributed by atoms with van der Waals surface area (Å²) in [5.74, 6) is -0.585. The molecule has 0 aliphatic carbocycles. The topological polar surface area (TPSA) is 82.8 Å². The molecule has 1 aromatic rings. The predicted molar refractivity (Wildman–Crippen MR) is 72.0 cm³/mol. The molecule has 1 saturated heterocycles. The normalized spacial score (nSPS) is 24.5. The molecular formula is C14H20N2O4. The first-order valence-electron chi connectivity index (χ1n) is 6.78. The van der Waals surface area contributed by atoms with Crippen LogP contribution < -0.4 is 5.32 Å². The molecule has 3 atom stereocenters. The van der Waals surface area contributed by atoms with Crippen LogP contribution in [-0.4, -0.2) is 41.0 Å². The molecule has 1 fully saturated rings. The summed E-state index contributed by atoms with van der Waals surface area (Å²) in [5, 5.41) is 11.9. The highest BCUT2D eigenvalue weighted by atomic mass is 16.4. The van der Waals surface area contributed by atoms with Crippen LogP contribution in [0.3, 0.4) is 0 Å². The van der Waals surface area contributed by atoms with Crippen LogP contribution in [0.5, 0.6) is 0 Å². The Morgan fingerprint density at radius 2 is 2.35 bits per heavy atom. The molecule has 6 nitrogen and oxygen atoms in total. The van der Waals surface area contributed by atoms with E-state index in [0.29, 0.717) is 18.7 Å². The minimum atomic E-state index is -0.788. The van der Waals surface area contributed by atoms with Gasteiger partial charge in [0.15, 0.2) is 0 Å². The van der Waals surface area contributed by atoms with Crippen molar-refractivity contribution in [1.82, 2.24) is 10.2 Å². The minimum Gasteiger partial charge on any atom is -0.481 e. The third-order valence-electron chi connectivity index (χ3n) is 3.90. The van der Waals surface area contributed by atoms with Gasteiger partial charge in [-0.25, -0.2) is 0 Å². The number of carbonyl (C=O) groups excluding carboxylic acids is 1. The summed E-state index contributed by atoms with van der Waals surface area (Å²) in [6.45, 7) is 4.57. The first kappa shape index (κ1) is 14.6. The number of likely N-dealkylation sites (tertiary alicyclic amines) is 1. The van der Waals surface area contributed by atoms with E-state index in [2.05, 4.69) is 5.32 Å². The van der Waals surface area contributed by atoms with Gasteiger partial charge in [-0.1, -0.05) is 0 Å². The van der Waals surface area contributed by atoms with Crippen LogP contribution in [0.25, 0.3) is 0 Å². The fraction of sp³-hybridized carbons (Fsp3) is 0.571. The SMILES string of the molecule is CC(NC(=O)CN1CCC(C(=O)O)C1C)c1ccco1. The second-order valence-corrected chi connectivity index (χ2v) is 5.25. The lowest BCUT2D eigenvalue weighted by molar-refractivity contribution is -0.142. The third kappa shape index (κ3) is 3.19. The smallest absolute Gasteiger partial charge is 0.308 e. The standard InChI is InChI=1S/C14H20N2O4/c1-9(12-4-3-7-20-12)15-13(17)8-16-6-5-11(10(16)2)14(18)19/h3-4,7,9-11H,5-6,8H2,1-2H3,(H,15,17)(H,18,19). The van der Waals surface area contributed by atoms with E-state index in [1.807, 2.05) is 24.8 Å². The molecule has 1 amide bonds. The molecular weight excluding hydrogens is 260 g/mol. The minimum absolute atomic E-state index is 0.114. The molecule has 6 heteroatoms. The maximum atomic E-state index is 12.0. The predicted octanol–water partition coefficient (Wildman–Crippen LogP) is 1.25. The molecule has 1 aromatic heterocycles. The molecule has 0 radical (unpaired) electrons. The second-order valence-electron chi connectivity index (χ2n) is 5.25. The van der Waals surface area contributed by atoms with Crippen molar-refractivity contribution in [1.29, 1.82) is 0 Å². The van der Waals surface area contributed by atoms with Crippen molar-refractivity contribution < 1.29 is 19.1 Å². The average molecular weight is 280 g/mol. The van der Waals surface area contributed by atoms with E-state index in [9.17, 15) is 9.59 Å². The Bertz CT molecular complexity index is 472. The lowest BCUT2D eigenvalue weighted by Gasteiger charge is -2.23. The summed E-state index contributed by atoms with van der Waals surface area (Å²) < 4.78 is 5.23. The molecule has 3 unspecified atom stereocenters. The third-order valence-corrected chi connectivity index (χ3v) is 3.90. The van der Waals surface area contributed by atoms with E-state index in [1.54, 1.807) is 12.3 Å². The fourth-order valence-electron chi connectivity index (χ4n) is 2.64. The van der Waals surface area contributed by atoms with Crippen LogP contribution in [0.1, 0.15) is 32.1 Å². The number of amides is 1. The van der Waals surface area contributed by atoms with Crippen molar-refractivity contribution in [3.05, 3.63) is 24.2 Å². The number of aliphatic carboxylic acids is 1. The zero-order valence-corrected chi connectivity index (χ0v) is 11.7. The summed E-state index contributed by atoms with van der Waals surface area (Å²) in [6.07, 6.45) is 2.16. The van der Waals surface area contributed by atoms with Gasteiger partial charge in [-0.3, -0.25) is 14.5 Å². The Morgan fingerprint density at radius 3 is 2.90 bits per heavy atom. The Kier molecular flexibility index (Phi) is 4.44. The maximum Gasteiger partial charge on any atom is 0.308 e. The van der Waals surface area contributed by atoms with Crippen LogP contribution >= 0.6 is 0 Å². The number of carbonyl (C=O) groups is 2. The highest BCUT2D eigenvalue weighted by Gasteiger charge is 2.36. The van der Waals surface area contributed by atoms with E-state index in [0.717, 1.165) is 0 Å². The first-order valence-corrected chi connectivity index (χ1v) is 6.78. The van der Waals surface area contributed by atoms with E-state index in [4.69, 9.17) is 9.52 Å². The van der Waals surface area contributed by atoms with E-state index < -0.39 is 5.97 Å². The molecule has 0 saturated carbocycles. The fourth-order valence-corrected chi connectivity index (χ4v) is 2.64. The first-order chi connectivity index (χ1) is 9.49. The van der Waals surface area contributed by atoms with Gasteiger partial charge in [0.25, 0.3) is 0 Å². The Labute approximate surface area is 117 Å². The molecule has 0 bridgehead atoms. The molecule has 2 heterocycles. The molecule has 2 N–H and O–H groups in total. The Hall–Kier alpha value is -1.82. The quantitative estimate of drug-likeness (QED) is 0.848. The summed E-state index contributed by atoms with van der Waals surface area (Å²) in [5.41, 5.74) is 0. The van der Waals surface area contributed by atoms with Gasteiger partial charge in [0.05, 0.1) is 24.8 Å². The van der Waals surface area contributed by atoms with Crippen molar-refractivity contribution >= 4 is 11.9 Å². The lowest BCUT2D eigenvalue weighted by atomic mass is 10.0. The highest BCUT2D eigenvalue weighted by Crippen LogP contribution is 2.24. The Balaban J connectivity index is 1.85. The monoisotopic (exact) mass is 280 g/mol. The van der Waals surface area contributed by atoms with Gasteiger partial charge in [0.2, 0.25) is 5.91 Å². The van der Waals surface area contributed by atoms with Gasteiger partial charge >= 0.3 is 5.97 Å². The molecule has 110 valence electrons. The number of carboxylic acids is 1. The van der Waals surface area contributed by atoms with Gasteiger partial charge in [-0.05, 0) is 38.9 Å². The summed E-state index contributed by atoms with van der Waals surface area (Å²) in [4.78, 5) is 24.9. The number of rotatable bonds is 5. The number of furan rings is 1. The number of carboxylic acid groups (broad SMARTS) is 1. The van der Waals surface area contributed by atoms with Crippen LogP contribution in [0, 0.1) is 5.92 Å². The van der Waals surface area contributed by atoms with Gasteiger partial charge in [0.1, 0.15) is 5.76 Å². The van der Waals surface area contributed by atoms with E-state index in [1.165, 1.54) is 0 Å². The van der Waals surface area contributed by atoms with Crippen LogP contribution in [0.4, 0.5) is 0 Å². The highest BCUT2D eigenvalue weighted by molar-refractivity contribution is 5.79. The van der Waals surface area contributed by atoms with Gasteiger partial charge < -0.3 is 14.8 Å². The van der Waals surface area contributed by atoms with Crippen LogP contribution in [0.15, 0.2) is 22.8 Å².